The summed E-state index contributed by atoms with van der Waals surface area (Å²) in [5.41, 5.74) is -1.25. The summed E-state index contributed by atoms with van der Waals surface area (Å²) in [6.45, 7) is 24.2. The first-order valence-electron chi connectivity index (χ1n) is 39.0. The van der Waals surface area contributed by atoms with Crippen LogP contribution >= 0.6 is 21.6 Å². The van der Waals surface area contributed by atoms with Gasteiger partial charge in [0.2, 0.25) is 41.4 Å². The number of ether oxygens (including phenoxy) is 6. The molecule has 626 valence electrons. The lowest BCUT2D eigenvalue weighted by Gasteiger charge is -2.37. The SMILES string of the molecule is CCSSC[C@H](NC(=O)OC(C)(C)C)C(=O)NCCOCCOCC(=O)CCC(=O)N[C@H](C(=O)C[C@@H](CC(=O)NC(c1ccccc1)(c1ccccc1)c1ccccc1)C(=O)N[C@@H](C)C(=O)C[C@H]1COC(=O)[C@H](Cc2ccccc2)CC(=O)[C@H](CC(C)C)NC(=O)[C@H](COC(C)(C)C)NC(=O)[C@H](COC(C)(C)C)NC1=O)C(C)C. The molecular weight excluding hydrogens is 1500 g/mol. The minimum absolute atomic E-state index is 0.000298. The van der Waals surface area contributed by atoms with E-state index < -0.39 is 198 Å². The number of nitrogens with one attached hydrogen (secondary N) is 8. The van der Waals surface area contributed by atoms with Crippen LogP contribution in [0.4, 0.5) is 4.79 Å². The van der Waals surface area contributed by atoms with Crippen LogP contribution in [-0.4, -0.2) is 194 Å². The zero-order chi connectivity index (χ0) is 84.3. The van der Waals surface area contributed by atoms with Gasteiger partial charge >= 0.3 is 12.1 Å². The topological polar surface area (TPSA) is 374 Å². The van der Waals surface area contributed by atoms with E-state index in [2.05, 4.69) is 42.5 Å². The number of alkyl carbamates (subject to hydrolysis) is 1. The number of carbonyl (C=O) groups excluding carboxylic acids is 13. The van der Waals surface area contributed by atoms with Crippen LogP contribution in [-0.2, 0) is 97.9 Å². The van der Waals surface area contributed by atoms with Crippen molar-refractivity contribution in [2.75, 3.05) is 64.3 Å². The predicted octanol–water partition coefficient (Wildman–Crippen LogP) is 8.58. The van der Waals surface area contributed by atoms with E-state index >= 15 is 9.59 Å². The molecule has 5 rings (SSSR count). The fraction of sp³-hybridized carbons (Fsp3) is 0.565. The van der Waals surface area contributed by atoms with E-state index in [-0.39, 0.29) is 71.2 Å². The van der Waals surface area contributed by atoms with Gasteiger partial charge in [-0.3, -0.25) is 57.5 Å². The highest BCUT2D eigenvalue weighted by atomic mass is 33.1. The normalized spacial score (nSPS) is 18.0. The fourth-order valence-corrected chi connectivity index (χ4v) is 14.0. The van der Waals surface area contributed by atoms with Crippen molar-refractivity contribution >= 4 is 98.1 Å². The Morgan fingerprint density at radius 2 is 1.09 bits per heavy atom. The molecule has 8 N–H and O–H groups in total. The Bertz CT molecular complexity index is 3700. The van der Waals surface area contributed by atoms with Crippen LogP contribution in [0.25, 0.3) is 0 Å². The number of benzene rings is 4. The van der Waals surface area contributed by atoms with Gasteiger partial charge in [0, 0.05) is 56.6 Å². The van der Waals surface area contributed by atoms with Gasteiger partial charge in [-0.25, -0.2) is 4.79 Å². The van der Waals surface area contributed by atoms with Crippen molar-refractivity contribution in [3.8, 4) is 0 Å². The summed E-state index contributed by atoms with van der Waals surface area (Å²) in [4.78, 5) is 186. The van der Waals surface area contributed by atoms with Gasteiger partial charge in [-0.05, 0) is 116 Å². The minimum atomic E-state index is -1.59. The lowest BCUT2D eigenvalue weighted by Crippen LogP contribution is -2.59. The number of ketones is 4. The summed E-state index contributed by atoms with van der Waals surface area (Å²) in [5, 5.41) is 22.2. The molecule has 0 unspecified atom stereocenters. The van der Waals surface area contributed by atoms with Crippen molar-refractivity contribution in [1.82, 2.24) is 42.5 Å². The molecule has 0 spiro atoms. The second kappa shape index (κ2) is 47.2. The highest BCUT2D eigenvalue weighted by Gasteiger charge is 2.42. The van der Waals surface area contributed by atoms with Gasteiger partial charge in [0.05, 0.1) is 80.1 Å². The summed E-state index contributed by atoms with van der Waals surface area (Å²) in [5.74, 6) is -12.7. The summed E-state index contributed by atoms with van der Waals surface area (Å²) in [6.07, 6.45) is -3.69. The standard InChI is InChI=1S/C85H120N8O19S2/c1-16-113-114-53-68(91-81(106)112-84(13,14)15)77(102)86-39-40-107-41-42-108-50-64(94)37-38-72(98)92-74(55(4)5)71(97)45-58(48-73(99)93-85(61-31-23-18-24-32-61,62-33-25-19-26-34-62)63-35-27-20-28-36-63)75(100)87-56(6)69(95)47-60-49-109-80(105)59(44-57-29-21-17-22-30-57)46-70(96)65(43-54(2)3)88-78(103)67(52-111-83(10,11)12)90-79(104)66(89-76(60)101)51-110-82(7,8)9/h17-36,54-56,58-60,65-68,74H,16,37-53H2,1-15H3,(H,86,102)(H,87,100)(H,88,103)(H,89,101)(H,90,104)(H,91,106)(H,92,98)(H,93,99)/t56-,58-,59+,60-,65-,66-,67-,68-,74-/m0/s1. The first-order chi connectivity index (χ1) is 53.8. The average molecular weight is 1620 g/mol. The van der Waals surface area contributed by atoms with Crippen LogP contribution in [0.5, 0.6) is 0 Å². The fourth-order valence-electron chi connectivity index (χ4n) is 12.2. The number of Topliss-reactive ketones (excluding diaryl/α,β-unsaturated/α-hetero) is 4. The maximum Gasteiger partial charge on any atom is 0.408 e. The molecule has 4 aromatic rings. The second-order valence-electron chi connectivity index (χ2n) is 32.1. The van der Waals surface area contributed by atoms with Gasteiger partial charge in [-0.15, -0.1) is 0 Å². The van der Waals surface area contributed by atoms with E-state index in [0.29, 0.717) is 28.0 Å². The van der Waals surface area contributed by atoms with E-state index in [1.54, 1.807) is 117 Å². The molecule has 0 saturated carbocycles. The molecule has 0 aliphatic carbocycles. The molecule has 1 heterocycles. The molecular formula is C85H120N8O19S2. The molecule has 1 aliphatic rings. The first-order valence-corrected chi connectivity index (χ1v) is 41.5. The van der Waals surface area contributed by atoms with Crippen LogP contribution in [0.1, 0.15) is 171 Å². The monoisotopic (exact) mass is 1620 g/mol. The van der Waals surface area contributed by atoms with Crippen LogP contribution in [0, 0.1) is 29.6 Å². The molecule has 1 aliphatic heterocycles. The number of carbonyl (C=O) groups is 13. The Morgan fingerprint density at radius 1 is 0.561 bits per heavy atom. The maximum absolute atomic E-state index is 15.2. The average Bonchev–Trinajstić information content (AvgIpc) is 0.753. The third-order valence-corrected chi connectivity index (χ3v) is 20.5. The van der Waals surface area contributed by atoms with E-state index in [1.807, 2.05) is 112 Å². The van der Waals surface area contributed by atoms with Gasteiger partial charge in [0.25, 0.3) is 0 Å². The van der Waals surface area contributed by atoms with Gasteiger partial charge in [0.15, 0.2) is 23.1 Å². The number of esters is 1. The predicted molar refractivity (Wildman–Crippen MR) is 436 cm³/mol. The number of cyclic esters (lactones) is 1. The molecule has 0 radical (unpaired) electrons. The highest BCUT2D eigenvalue weighted by molar-refractivity contribution is 8.76. The van der Waals surface area contributed by atoms with Gasteiger partial charge < -0.3 is 71.0 Å². The number of amides is 8. The van der Waals surface area contributed by atoms with Crippen LogP contribution < -0.4 is 42.5 Å². The largest absolute Gasteiger partial charge is 0.465 e. The van der Waals surface area contributed by atoms with Crippen LogP contribution in [0.3, 0.4) is 0 Å². The Morgan fingerprint density at radius 3 is 1.61 bits per heavy atom. The highest BCUT2D eigenvalue weighted by Crippen LogP contribution is 2.37. The van der Waals surface area contributed by atoms with E-state index in [0.717, 1.165) is 5.75 Å². The first kappa shape index (κ1) is 95.7. The summed E-state index contributed by atoms with van der Waals surface area (Å²) in [6, 6.07) is 28.5. The summed E-state index contributed by atoms with van der Waals surface area (Å²) in [7, 11) is 2.98. The third-order valence-electron chi connectivity index (χ3n) is 18.0. The van der Waals surface area contributed by atoms with Gasteiger partial charge in [0.1, 0.15) is 42.5 Å². The molecule has 4 aromatic carbocycles. The molecule has 1 fully saturated rings. The molecule has 0 bridgehead atoms. The Hall–Kier alpha value is -8.87. The smallest absolute Gasteiger partial charge is 0.408 e. The number of hydrogen-bond donors (Lipinski definition) is 8. The van der Waals surface area contributed by atoms with E-state index in [1.165, 1.54) is 17.7 Å². The van der Waals surface area contributed by atoms with E-state index in [9.17, 15) is 52.7 Å². The van der Waals surface area contributed by atoms with Crippen molar-refractivity contribution in [3.05, 3.63) is 144 Å². The van der Waals surface area contributed by atoms with Crippen molar-refractivity contribution in [1.29, 1.82) is 0 Å². The van der Waals surface area contributed by atoms with Crippen molar-refractivity contribution in [2.45, 2.75) is 214 Å². The lowest BCUT2D eigenvalue weighted by atomic mass is 9.76. The van der Waals surface area contributed by atoms with E-state index in [4.69, 9.17) is 28.4 Å². The molecule has 27 nitrogen and oxygen atoms in total. The zero-order valence-electron chi connectivity index (χ0n) is 68.7. The number of hydrogen-bond acceptors (Lipinski definition) is 21. The minimum Gasteiger partial charge on any atom is -0.465 e. The lowest BCUT2D eigenvalue weighted by molar-refractivity contribution is -0.154. The molecule has 0 aromatic heterocycles. The molecule has 114 heavy (non-hydrogen) atoms. The Labute approximate surface area is 679 Å². The van der Waals surface area contributed by atoms with Gasteiger partial charge in [-0.1, -0.05) is 178 Å². The Balaban J connectivity index is 1.41. The van der Waals surface area contributed by atoms with Gasteiger partial charge in [-0.2, -0.15) is 0 Å². The van der Waals surface area contributed by atoms with Crippen LogP contribution in [0.15, 0.2) is 121 Å². The molecule has 1 saturated heterocycles. The summed E-state index contributed by atoms with van der Waals surface area (Å²) >= 11 is 0. The second-order valence-corrected chi connectivity index (χ2v) is 34.9. The quantitative estimate of drug-likeness (QED) is 0.00892. The van der Waals surface area contributed by atoms with Crippen molar-refractivity contribution < 1.29 is 90.8 Å². The van der Waals surface area contributed by atoms with Crippen molar-refractivity contribution in [2.24, 2.45) is 29.6 Å². The molecule has 29 heteroatoms. The Kier molecular flexibility index (Phi) is 39.7. The number of rotatable bonds is 41. The summed E-state index contributed by atoms with van der Waals surface area (Å²) < 4.78 is 34.5. The van der Waals surface area contributed by atoms with Crippen molar-refractivity contribution in [3.63, 3.8) is 0 Å². The van der Waals surface area contributed by atoms with Crippen LogP contribution in [0.2, 0.25) is 0 Å². The zero-order valence-corrected chi connectivity index (χ0v) is 70.3. The molecule has 8 amide bonds. The third kappa shape index (κ3) is 34.3. The molecule has 9 atom stereocenters. The maximum atomic E-state index is 15.2.